The molecular weight excluding hydrogens is 321 g/mol. The van der Waals surface area contributed by atoms with E-state index in [4.69, 9.17) is 0 Å². The van der Waals surface area contributed by atoms with Crippen molar-refractivity contribution in [2.75, 3.05) is 32.7 Å². The van der Waals surface area contributed by atoms with Crippen molar-refractivity contribution in [2.45, 2.75) is 12.2 Å². The lowest BCUT2D eigenvalue weighted by Crippen LogP contribution is -2.57. The first-order chi connectivity index (χ1) is 10.8. The number of rotatable bonds is 4. The summed E-state index contributed by atoms with van der Waals surface area (Å²) < 4.78 is 66.0. The van der Waals surface area contributed by atoms with Crippen LogP contribution in [0.25, 0.3) is 0 Å². The van der Waals surface area contributed by atoms with Crippen LogP contribution >= 0.6 is 0 Å². The second kappa shape index (κ2) is 7.22. The average Bonchev–Trinajstić information content (AvgIpc) is 2.49. The fourth-order valence-electron chi connectivity index (χ4n) is 2.40. The summed E-state index contributed by atoms with van der Waals surface area (Å²) in [4.78, 5) is 13.0. The van der Waals surface area contributed by atoms with Crippen molar-refractivity contribution in [3.8, 4) is 0 Å². The average molecular weight is 337 g/mol. The largest absolute Gasteiger partial charge is 0.405 e. The summed E-state index contributed by atoms with van der Waals surface area (Å²) in [6, 6.07) is 0.357. The van der Waals surface area contributed by atoms with Crippen molar-refractivity contribution in [3.63, 3.8) is 0 Å². The molecule has 1 heterocycles. The molecule has 0 radical (unpaired) electrons. The zero-order valence-corrected chi connectivity index (χ0v) is 12.1. The molecule has 0 saturated carbocycles. The first-order valence-corrected chi connectivity index (χ1v) is 7.04. The zero-order valence-electron chi connectivity index (χ0n) is 12.1. The maximum atomic E-state index is 13.5. The van der Waals surface area contributed by atoms with Gasteiger partial charge in [0.25, 0.3) is 5.91 Å². The summed E-state index contributed by atoms with van der Waals surface area (Å²) >= 11 is 0. The van der Waals surface area contributed by atoms with Crippen molar-refractivity contribution in [2.24, 2.45) is 0 Å². The Kier molecular flexibility index (Phi) is 5.53. The summed E-state index contributed by atoms with van der Waals surface area (Å²) in [7, 11) is 0. The molecule has 4 nitrogen and oxygen atoms in total. The zero-order chi connectivity index (χ0) is 17.0. The number of carbonyl (C=O) groups excluding carboxylic acids is 1. The van der Waals surface area contributed by atoms with Crippen molar-refractivity contribution in [1.29, 1.82) is 0 Å². The van der Waals surface area contributed by atoms with Gasteiger partial charge in [-0.15, -0.1) is 0 Å². The quantitative estimate of drug-likeness (QED) is 0.819. The van der Waals surface area contributed by atoms with Gasteiger partial charge in [-0.3, -0.25) is 9.69 Å². The Balaban J connectivity index is 2.05. The second-order valence-electron chi connectivity index (χ2n) is 5.18. The lowest BCUT2D eigenvalue weighted by Gasteiger charge is -2.35. The second-order valence-corrected chi connectivity index (χ2v) is 5.18. The number of benzene rings is 1. The Morgan fingerprint density at radius 1 is 1.26 bits per heavy atom. The summed E-state index contributed by atoms with van der Waals surface area (Å²) in [6.45, 7) is 0.485. The number of hydrogen-bond donors (Lipinski definition) is 2. The molecule has 23 heavy (non-hydrogen) atoms. The molecule has 1 aliphatic heterocycles. The third-order valence-corrected chi connectivity index (χ3v) is 3.60. The third kappa shape index (κ3) is 4.61. The monoisotopic (exact) mass is 337 g/mol. The van der Waals surface area contributed by atoms with Gasteiger partial charge in [-0.25, -0.2) is 8.78 Å². The van der Waals surface area contributed by atoms with E-state index in [9.17, 15) is 26.7 Å². The number of nitrogens with one attached hydrogen (secondary N) is 2. The van der Waals surface area contributed by atoms with Gasteiger partial charge in [0, 0.05) is 32.7 Å². The van der Waals surface area contributed by atoms with E-state index in [-0.39, 0.29) is 13.1 Å². The number of halogens is 5. The van der Waals surface area contributed by atoms with Gasteiger partial charge in [0.05, 0.1) is 5.56 Å². The molecule has 1 amide bonds. The first kappa shape index (κ1) is 17.6. The smallest absolute Gasteiger partial charge is 0.350 e. The number of amides is 1. The van der Waals surface area contributed by atoms with Gasteiger partial charge in [0.1, 0.15) is 17.7 Å². The van der Waals surface area contributed by atoms with Crippen molar-refractivity contribution >= 4 is 5.91 Å². The molecule has 2 N–H and O–H groups in total. The number of piperazine rings is 1. The normalized spacial score (nSPS) is 17.8. The van der Waals surface area contributed by atoms with Crippen LogP contribution in [-0.2, 0) is 0 Å². The van der Waals surface area contributed by atoms with Crippen LogP contribution in [0.2, 0.25) is 0 Å². The van der Waals surface area contributed by atoms with Crippen LogP contribution in [-0.4, -0.2) is 55.7 Å². The highest BCUT2D eigenvalue weighted by atomic mass is 19.4. The summed E-state index contributed by atoms with van der Waals surface area (Å²) in [6.07, 6.45) is -4.54. The molecule has 0 spiro atoms. The molecule has 1 fully saturated rings. The molecule has 0 bridgehead atoms. The Morgan fingerprint density at radius 3 is 2.52 bits per heavy atom. The van der Waals surface area contributed by atoms with Crippen LogP contribution in [0.4, 0.5) is 22.0 Å². The Labute approximate surface area is 129 Å². The Hall–Kier alpha value is -1.74. The summed E-state index contributed by atoms with van der Waals surface area (Å²) in [5.41, 5.74) is -0.619. The minimum absolute atomic E-state index is 0.189. The molecule has 128 valence electrons. The van der Waals surface area contributed by atoms with Crippen molar-refractivity contribution in [1.82, 2.24) is 15.5 Å². The van der Waals surface area contributed by atoms with E-state index in [1.165, 1.54) is 4.90 Å². The van der Waals surface area contributed by atoms with Crippen LogP contribution in [0.3, 0.4) is 0 Å². The Morgan fingerprint density at radius 2 is 1.91 bits per heavy atom. The van der Waals surface area contributed by atoms with Gasteiger partial charge in [-0.2, -0.15) is 13.2 Å². The van der Waals surface area contributed by atoms with E-state index in [0.717, 1.165) is 12.1 Å². The van der Waals surface area contributed by atoms with E-state index in [2.05, 4.69) is 5.32 Å². The molecule has 1 atom stereocenters. The van der Waals surface area contributed by atoms with Gasteiger partial charge in [-0.1, -0.05) is 0 Å². The van der Waals surface area contributed by atoms with E-state index in [1.807, 2.05) is 5.32 Å². The van der Waals surface area contributed by atoms with Gasteiger partial charge in [0.15, 0.2) is 0 Å². The lowest BCUT2D eigenvalue weighted by atomic mass is 10.1. The molecule has 1 unspecified atom stereocenters. The molecule has 1 aliphatic rings. The highest BCUT2D eigenvalue weighted by molar-refractivity contribution is 5.94. The predicted molar refractivity (Wildman–Crippen MR) is 73.0 cm³/mol. The van der Waals surface area contributed by atoms with Crippen molar-refractivity contribution < 1.29 is 26.7 Å². The number of nitrogens with zero attached hydrogens (tertiary/aromatic N) is 1. The van der Waals surface area contributed by atoms with Crippen LogP contribution in [0.1, 0.15) is 10.4 Å². The minimum atomic E-state index is -4.54. The van der Waals surface area contributed by atoms with Gasteiger partial charge >= 0.3 is 6.18 Å². The van der Waals surface area contributed by atoms with Gasteiger partial charge in [0.2, 0.25) is 0 Å². The molecule has 0 aliphatic carbocycles. The van der Waals surface area contributed by atoms with E-state index in [1.54, 1.807) is 0 Å². The SMILES string of the molecule is O=C(NCC(N1CCNCC1)C(F)(F)F)c1cc(F)ccc1F. The molecule has 1 aromatic rings. The number of alkyl halides is 3. The minimum Gasteiger partial charge on any atom is -0.350 e. The summed E-state index contributed by atoms with van der Waals surface area (Å²) in [5.74, 6) is -2.91. The highest BCUT2D eigenvalue weighted by Crippen LogP contribution is 2.25. The van der Waals surface area contributed by atoms with Gasteiger partial charge < -0.3 is 10.6 Å². The van der Waals surface area contributed by atoms with E-state index in [0.29, 0.717) is 19.2 Å². The molecule has 0 aromatic heterocycles. The predicted octanol–water partition coefficient (Wildman–Crippen LogP) is 1.53. The molecule has 2 rings (SSSR count). The maximum absolute atomic E-state index is 13.5. The number of carbonyl (C=O) groups is 1. The van der Waals surface area contributed by atoms with Crippen LogP contribution in [0.15, 0.2) is 18.2 Å². The van der Waals surface area contributed by atoms with E-state index < -0.39 is 41.9 Å². The van der Waals surface area contributed by atoms with Crippen molar-refractivity contribution in [3.05, 3.63) is 35.4 Å². The van der Waals surface area contributed by atoms with Gasteiger partial charge in [-0.05, 0) is 18.2 Å². The fraction of sp³-hybridized carbons (Fsp3) is 0.500. The standard InChI is InChI=1S/C14H16F5N3O/c15-9-1-2-11(16)10(7-9)13(23)21-8-12(14(17,18)19)22-5-3-20-4-6-22/h1-2,7,12,20H,3-6,8H2,(H,21,23). The van der Waals surface area contributed by atoms with Crippen LogP contribution < -0.4 is 10.6 Å². The number of hydrogen-bond acceptors (Lipinski definition) is 3. The Bertz CT molecular complexity index is 558. The topological polar surface area (TPSA) is 44.4 Å². The maximum Gasteiger partial charge on any atom is 0.405 e. The third-order valence-electron chi connectivity index (χ3n) is 3.60. The molecular formula is C14H16F5N3O. The molecule has 9 heteroatoms. The fourth-order valence-corrected chi connectivity index (χ4v) is 2.40. The lowest BCUT2D eigenvalue weighted by molar-refractivity contribution is -0.183. The van der Waals surface area contributed by atoms with Crippen LogP contribution in [0.5, 0.6) is 0 Å². The first-order valence-electron chi connectivity index (χ1n) is 7.04. The van der Waals surface area contributed by atoms with Crippen LogP contribution in [0, 0.1) is 11.6 Å². The molecule has 1 aromatic carbocycles. The molecule has 1 saturated heterocycles. The van der Waals surface area contributed by atoms with E-state index >= 15 is 0 Å². The highest BCUT2D eigenvalue weighted by Gasteiger charge is 2.43. The summed E-state index contributed by atoms with van der Waals surface area (Å²) in [5, 5.41) is 4.98.